The van der Waals surface area contributed by atoms with Crippen LogP contribution in [0.5, 0.6) is 23.0 Å². The van der Waals surface area contributed by atoms with Gasteiger partial charge in [0.1, 0.15) is 36.5 Å². The Balaban J connectivity index is 0.902. The number of esters is 2. The standard InChI is InChI=1S/C42H62N2O6/c1-3-27-43-31-35-29-37(23-25-39(35)47-33-43)49-41(45)21-19-17-15-13-11-9-7-5-6-8-10-12-14-16-18-20-22-42(46)50-38-24-26-40-36(30-38)32-44(28-4-2)34-48-40/h5-6,23-26,29-30H,3-4,7-22,27-28,31-34H2,1-2H3/b6-5+. The third kappa shape index (κ3) is 14.9. The number of rotatable bonds is 24. The van der Waals surface area contributed by atoms with Gasteiger partial charge in [-0.2, -0.15) is 0 Å². The maximum Gasteiger partial charge on any atom is 0.311 e. The van der Waals surface area contributed by atoms with E-state index in [4.69, 9.17) is 18.9 Å². The van der Waals surface area contributed by atoms with E-state index in [2.05, 4.69) is 35.8 Å². The van der Waals surface area contributed by atoms with E-state index in [9.17, 15) is 9.59 Å². The van der Waals surface area contributed by atoms with Crippen molar-refractivity contribution < 1.29 is 28.5 Å². The van der Waals surface area contributed by atoms with Crippen molar-refractivity contribution in [2.75, 3.05) is 26.6 Å². The highest BCUT2D eigenvalue weighted by molar-refractivity contribution is 5.73. The minimum Gasteiger partial charge on any atom is -0.478 e. The average Bonchev–Trinajstić information content (AvgIpc) is 3.11. The van der Waals surface area contributed by atoms with Gasteiger partial charge in [-0.3, -0.25) is 19.4 Å². The summed E-state index contributed by atoms with van der Waals surface area (Å²) in [5.41, 5.74) is 2.17. The molecule has 2 heterocycles. The summed E-state index contributed by atoms with van der Waals surface area (Å²) in [5, 5.41) is 0. The van der Waals surface area contributed by atoms with Gasteiger partial charge in [0.05, 0.1) is 0 Å². The first-order chi connectivity index (χ1) is 24.5. The molecule has 2 aromatic rings. The van der Waals surface area contributed by atoms with E-state index >= 15 is 0 Å². The van der Waals surface area contributed by atoms with Gasteiger partial charge < -0.3 is 18.9 Å². The average molecular weight is 691 g/mol. The number of hydrogen-bond donors (Lipinski definition) is 0. The molecule has 8 nitrogen and oxygen atoms in total. The minimum atomic E-state index is -0.147. The fraction of sp³-hybridized carbons (Fsp3) is 0.619. The van der Waals surface area contributed by atoms with Crippen molar-refractivity contribution in [3.8, 4) is 23.0 Å². The van der Waals surface area contributed by atoms with Gasteiger partial charge in [-0.05, 0) is 87.8 Å². The fourth-order valence-electron chi connectivity index (χ4n) is 6.66. The van der Waals surface area contributed by atoms with Gasteiger partial charge in [-0.15, -0.1) is 0 Å². The number of ether oxygens (including phenoxy) is 4. The van der Waals surface area contributed by atoms with Crippen molar-refractivity contribution in [3.05, 3.63) is 59.7 Å². The lowest BCUT2D eigenvalue weighted by Crippen LogP contribution is -2.32. The second-order valence-corrected chi connectivity index (χ2v) is 13.9. The highest BCUT2D eigenvalue weighted by Crippen LogP contribution is 2.30. The molecule has 8 heteroatoms. The highest BCUT2D eigenvalue weighted by Gasteiger charge is 2.19. The molecule has 0 aliphatic carbocycles. The Bertz CT molecular complexity index is 1230. The molecule has 0 amide bonds. The highest BCUT2D eigenvalue weighted by atomic mass is 16.5. The molecular formula is C42H62N2O6. The molecule has 0 spiro atoms. The molecule has 0 saturated heterocycles. The number of carbonyl (C=O) groups is 2. The summed E-state index contributed by atoms with van der Waals surface area (Å²) in [6.07, 6.45) is 23.8. The maximum atomic E-state index is 12.3. The molecule has 0 fully saturated rings. The summed E-state index contributed by atoms with van der Waals surface area (Å²) in [4.78, 5) is 29.2. The molecule has 0 atom stereocenters. The quantitative estimate of drug-likeness (QED) is 0.0466. The smallest absolute Gasteiger partial charge is 0.311 e. The largest absolute Gasteiger partial charge is 0.478 e. The molecule has 0 bridgehead atoms. The summed E-state index contributed by atoms with van der Waals surface area (Å²) in [7, 11) is 0. The first-order valence-electron chi connectivity index (χ1n) is 19.6. The van der Waals surface area contributed by atoms with E-state index in [0.717, 1.165) is 100 Å². The normalized spacial score (nSPS) is 14.5. The molecule has 2 aromatic carbocycles. The number of hydrogen-bond acceptors (Lipinski definition) is 8. The van der Waals surface area contributed by atoms with Crippen LogP contribution in [0.3, 0.4) is 0 Å². The molecule has 276 valence electrons. The Morgan fingerprint density at radius 1 is 0.600 bits per heavy atom. The van der Waals surface area contributed by atoms with Gasteiger partial charge in [-0.25, -0.2) is 0 Å². The molecule has 0 radical (unpaired) electrons. The summed E-state index contributed by atoms with van der Waals surface area (Å²) < 4.78 is 22.8. The molecule has 50 heavy (non-hydrogen) atoms. The first kappa shape index (κ1) is 39.4. The molecule has 0 aromatic heterocycles. The Kier molecular flexibility index (Phi) is 18.3. The third-order valence-electron chi connectivity index (χ3n) is 9.37. The van der Waals surface area contributed by atoms with Gasteiger partial charge in [0.2, 0.25) is 0 Å². The van der Waals surface area contributed by atoms with Crippen molar-refractivity contribution in [2.45, 2.75) is 143 Å². The molecular weight excluding hydrogens is 628 g/mol. The topological polar surface area (TPSA) is 77.5 Å². The van der Waals surface area contributed by atoms with Crippen LogP contribution >= 0.6 is 0 Å². The summed E-state index contributed by atoms with van der Waals surface area (Å²) in [6.45, 7) is 9.24. The lowest BCUT2D eigenvalue weighted by atomic mass is 10.1. The predicted octanol–water partition coefficient (Wildman–Crippen LogP) is 10.1. The second kappa shape index (κ2) is 23.2. The molecule has 0 saturated carbocycles. The van der Waals surface area contributed by atoms with Crippen molar-refractivity contribution in [1.82, 2.24) is 9.80 Å². The lowest BCUT2D eigenvalue weighted by molar-refractivity contribution is -0.135. The van der Waals surface area contributed by atoms with Crippen molar-refractivity contribution >= 4 is 11.9 Å². The Labute approximate surface area is 301 Å². The number of unbranched alkanes of at least 4 members (excludes halogenated alkanes) is 12. The molecule has 2 aliphatic heterocycles. The number of benzene rings is 2. The van der Waals surface area contributed by atoms with Gasteiger partial charge in [-0.1, -0.05) is 77.4 Å². The monoisotopic (exact) mass is 690 g/mol. The summed E-state index contributed by atoms with van der Waals surface area (Å²) in [6, 6.07) is 11.4. The van der Waals surface area contributed by atoms with Gasteiger partial charge >= 0.3 is 11.9 Å². The van der Waals surface area contributed by atoms with Crippen molar-refractivity contribution in [2.24, 2.45) is 0 Å². The Morgan fingerprint density at radius 2 is 1.00 bits per heavy atom. The van der Waals surface area contributed by atoms with Gasteiger partial charge in [0.25, 0.3) is 0 Å². The molecule has 4 rings (SSSR count). The first-order valence-corrected chi connectivity index (χ1v) is 19.6. The van der Waals surface area contributed by atoms with Crippen molar-refractivity contribution in [3.63, 3.8) is 0 Å². The maximum absolute atomic E-state index is 12.3. The van der Waals surface area contributed by atoms with E-state index in [1.54, 1.807) is 0 Å². The van der Waals surface area contributed by atoms with Gasteiger partial charge in [0.15, 0.2) is 0 Å². The van der Waals surface area contributed by atoms with Crippen LogP contribution in [0.25, 0.3) is 0 Å². The number of fused-ring (bicyclic) bond motifs is 2. The second-order valence-electron chi connectivity index (χ2n) is 13.9. The molecule has 0 N–H and O–H groups in total. The van der Waals surface area contributed by atoms with E-state index < -0.39 is 0 Å². The van der Waals surface area contributed by atoms with Crippen molar-refractivity contribution in [1.29, 1.82) is 0 Å². The molecule has 2 aliphatic rings. The minimum absolute atomic E-state index is 0.147. The van der Waals surface area contributed by atoms with E-state index in [0.29, 0.717) is 37.8 Å². The zero-order chi connectivity index (χ0) is 35.2. The van der Waals surface area contributed by atoms with Crippen LogP contribution in [0.15, 0.2) is 48.6 Å². The van der Waals surface area contributed by atoms with E-state index in [1.807, 2.05) is 36.4 Å². The SMILES string of the molecule is CCCN1COc2ccc(OC(=O)CCCCCCCC/C=C/CCCCCCCCC(=O)Oc3ccc4c(c3)CN(CCC)CO4)cc2C1. The Hall–Kier alpha value is -3.36. The summed E-state index contributed by atoms with van der Waals surface area (Å²) >= 11 is 0. The van der Waals surface area contributed by atoms with Crippen LogP contribution in [-0.2, 0) is 22.7 Å². The van der Waals surface area contributed by atoms with Crippen LogP contribution in [-0.4, -0.2) is 48.3 Å². The fourth-order valence-corrected chi connectivity index (χ4v) is 6.66. The van der Waals surface area contributed by atoms with E-state index in [1.165, 1.54) is 51.4 Å². The number of nitrogens with zero attached hydrogens (tertiary/aromatic N) is 2. The number of allylic oxidation sites excluding steroid dienone is 2. The Morgan fingerprint density at radius 3 is 1.42 bits per heavy atom. The molecule has 0 unspecified atom stereocenters. The zero-order valence-electron chi connectivity index (χ0n) is 30.9. The van der Waals surface area contributed by atoms with Crippen LogP contribution in [0.1, 0.15) is 141 Å². The van der Waals surface area contributed by atoms with Crippen LogP contribution in [0.4, 0.5) is 0 Å². The van der Waals surface area contributed by atoms with E-state index in [-0.39, 0.29) is 11.9 Å². The number of carbonyl (C=O) groups excluding carboxylic acids is 2. The van der Waals surface area contributed by atoms with Crippen LogP contribution < -0.4 is 18.9 Å². The van der Waals surface area contributed by atoms with Crippen LogP contribution in [0.2, 0.25) is 0 Å². The van der Waals surface area contributed by atoms with Gasteiger partial charge in [0, 0.05) is 50.1 Å². The summed E-state index contributed by atoms with van der Waals surface area (Å²) in [5.74, 6) is 2.72. The van der Waals surface area contributed by atoms with Crippen LogP contribution in [0, 0.1) is 0 Å². The lowest BCUT2D eigenvalue weighted by Gasteiger charge is -2.28. The zero-order valence-corrected chi connectivity index (χ0v) is 30.9. The predicted molar refractivity (Wildman–Crippen MR) is 200 cm³/mol. The third-order valence-corrected chi connectivity index (χ3v) is 9.37.